The van der Waals surface area contributed by atoms with Gasteiger partial charge in [0.2, 0.25) is 0 Å². The Kier molecular flexibility index (Phi) is 8.97. The molecule has 1 aliphatic heterocycles. The van der Waals surface area contributed by atoms with E-state index in [-0.39, 0.29) is 11.6 Å². The van der Waals surface area contributed by atoms with Crippen LogP contribution in [0.15, 0.2) is 29.3 Å². The SMILES string of the molecule is CN=C(NCc1cccc(COC(C)C)c1)NCC1(N2CCOCC2)CCCCC1. The average Bonchev–Trinajstić information content (AvgIpc) is 2.79. The second-order valence-electron chi connectivity index (χ2n) is 8.84. The number of hydrogen-bond donors (Lipinski definition) is 2. The van der Waals surface area contributed by atoms with Crippen molar-refractivity contribution in [2.75, 3.05) is 39.9 Å². The van der Waals surface area contributed by atoms with E-state index in [2.05, 4.69) is 58.6 Å². The molecule has 1 heterocycles. The first-order valence-electron chi connectivity index (χ1n) is 11.6. The van der Waals surface area contributed by atoms with E-state index in [1.165, 1.54) is 43.2 Å². The Bertz CT molecular complexity index is 665. The zero-order valence-electron chi connectivity index (χ0n) is 19.1. The molecule has 1 aromatic carbocycles. The Balaban J connectivity index is 1.54. The van der Waals surface area contributed by atoms with Gasteiger partial charge in [-0.05, 0) is 37.8 Å². The third-order valence-corrected chi connectivity index (χ3v) is 6.31. The molecule has 6 nitrogen and oxygen atoms in total. The molecule has 6 heteroatoms. The molecule has 0 bridgehead atoms. The van der Waals surface area contributed by atoms with Crippen LogP contribution >= 0.6 is 0 Å². The van der Waals surface area contributed by atoms with Crippen LogP contribution in [0.2, 0.25) is 0 Å². The van der Waals surface area contributed by atoms with E-state index in [4.69, 9.17) is 9.47 Å². The molecule has 2 aliphatic rings. The van der Waals surface area contributed by atoms with Crippen LogP contribution in [0.5, 0.6) is 0 Å². The monoisotopic (exact) mass is 416 g/mol. The summed E-state index contributed by atoms with van der Waals surface area (Å²) in [5.41, 5.74) is 2.68. The van der Waals surface area contributed by atoms with Gasteiger partial charge < -0.3 is 20.1 Å². The lowest BCUT2D eigenvalue weighted by Gasteiger charge is -2.48. The number of nitrogens with zero attached hydrogens (tertiary/aromatic N) is 2. The molecule has 2 N–H and O–H groups in total. The smallest absolute Gasteiger partial charge is 0.191 e. The molecule has 0 unspecified atom stereocenters. The molecule has 0 aromatic heterocycles. The average molecular weight is 417 g/mol. The van der Waals surface area contributed by atoms with Gasteiger partial charge >= 0.3 is 0 Å². The summed E-state index contributed by atoms with van der Waals surface area (Å²) in [4.78, 5) is 7.13. The molecular weight excluding hydrogens is 376 g/mol. The molecule has 0 atom stereocenters. The fourth-order valence-electron chi connectivity index (χ4n) is 4.60. The third kappa shape index (κ3) is 6.69. The number of ether oxygens (including phenoxy) is 2. The normalized spacial score (nSPS) is 20.3. The summed E-state index contributed by atoms with van der Waals surface area (Å²) in [6.45, 7) is 10.3. The fourth-order valence-corrected chi connectivity index (χ4v) is 4.60. The quantitative estimate of drug-likeness (QED) is 0.503. The van der Waals surface area contributed by atoms with Gasteiger partial charge in [-0.15, -0.1) is 0 Å². The van der Waals surface area contributed by atoms with Crippen molar-refractivity contribution in [3.8, 4) is 0 Å². The minimum atomic E-state index is 0.230. The van der Waals surface area contributed by atoms with Gasteiger partial charge in [0.25, 0.3) is 0 Å². The van der Waals surface area contributed by atoms with Crippen LogP contribution in [-0.2, 0) is 22.6 Å². The van der Waals surface area contributed by atoms with Gasteiger partial charge in [-0.1, -0.05) is 43.5 Å². The first kappa shape index (κ1) is 23.0. The highest BCUT2D eigenvalue weighted by Crippen LogP contribution is 2.33. The van der Waals surface area contributed by atoms with E-state index in [9.17, 15) is 0 Å². The Morgan fingerprint density at radius 3 is 2.57 bits per heavy atom. The summed E-state index contributed by atoms with van der Waals surface area (Å²) in [6.07, 6.45) is 6.75. The Labute approximate surface area is 182 Å². The van der Waals surface area contributed by atoms with E-state index in [0.717, 1.165) is 45.4 Å². The molecule has 0 radical (unpaired) electrons. The molecule has 2 fully saturated rings. The van der Waals surface area contributed by atoms with Crippen molar-refractivity contribution in [1.29, 1.82) is 0 Å². The Hall–Kier alpha value is -1.63. The van der Waals surface area contributed by atoms with Gasteiger partial charge in [-0.25, -0.2) is 0 Å². The minimum Gasteiger partial charge on any atom is -0.379 e. The molecule has 1 saturated carbocycles. The summed E-state index contributed by atoms with van der Waals surface area (Å²) in [5.74, 6) is 0.872. The van der Waals surface area contributed by atoms with Crippen molar-refractivity contribution in [2.24, 2.45) is 4.99 Å². The van der Waals surface area contributed by atoms with Crippen molar-refractivity contribution in [2.45, 2.75) is 70.7 Å². The number of hydrogen-bond acceptors (Lipinski definition) is 4. The second-order valence-corrected chi connectivity index (χ2v) is 8.84. The lowest BCUT2D eigenvalue weighted by atomic mass is 9.80. The van der Waals surface area contributed by atoms with Gasteiger partial charge in [0, 0.05) is 38.8 Å². The lowest BCUT2D eigenvalue weighted by Crippen LogP contribution is -2.60. The number of guanidine groups is 1. The first-order valence-corrected chi connectivity index (χ1v) is 11.6. The molecule has 30 heavy (non-hydrogen) atoms. The molecular formula is C24H40N4O2. The molecule has 168 valence electrons. The lowest BCUT2D eigenvalue weighted by molar-refractivity contribution is -0.0352. The van der Waals surface area contributed by atoms with Gasteiger partial charge in [-0.2, -0.15) is 0 Å². The van der Waals surface area contributed by atoms with E-state index >= 15 is 0 Å². The van der Waals surface area contributed by atoms with Crippen molar-refractivity contribution >= 4 is 5.96 Å². The largest absolute Gasteiger partial charge is 0.379 e. The topological polar surface area (TPSA) is 58.1 Å². The maximum Gasteiger partial charge on any atom is 0.191 e. The third-order valence-electron chi connectivity index (χ3n) is 6.31. The van der Waals surface area contributed by atoms with Gasteiger partial charge in [0.05, 0.1) is 25.9 Å². The molecule has 0 spiro atoms. The fraction of sp³-hybridized carbons (Fsp3) is 0.708. The second kappa shape index (κ2) is 11.7. The van der Waals surface area contributed by atoms with E-state index in [1.807, 2.05) is 7.05 Å². The number of aliphatic imine (C=N–C) groups is 1. The van der Waals surface area contributed by atoms with E-state index in [0.29, 0.717) is 6.61 Å². The molecule has 1 saturated heterocycles. The van der Waals surface area contributed by atoms with Crippen molar-refractivity contribution in [3.05, 3.63) is 35.4 Å². The predicted octanol–water partition coefficient (Wildman–Crippen LogP) is 3.31. The van der Waals surface area contributed by atoms with Crippen LogP contribution < -0.4 is 10.6 Å². The standard InChI is InChI=1S/C24H40N4O2/c1-20(2)30-18-22-9-7-8-21(16-22)17-26-23(25-3)27-19-24(10-5-4-6-11-24)28-12-14-29-15-13-28/h7-9,16,20H,4-6,10-15,17-19H2,1-3H3,(H2,25,26,27). The van der Waals surface area contributed by atoms with Gasteiger partial charge in [-0.3, -0.25) is 9.89 Å². The highest BCUT2D eigenvalue weighted by Gasteiger charge is 2.38. The van der Waals surface area contributed by atoms with Crippen LogP contribution in [0.25, 0.3) is 0 Å². The van der Waals surface area contributed by atoms with Crippen LogP contribution in [-0.4, -0.2) is 62.4 Å². The maximum absolute atomic E-state index is 5.73. The Morgan fingerprint density at radius 1 is 1.13 bits per heavy atom. The molecule has 0 amide bonds. The number of nitrogens with one attached hydrogen (secondary N) is 2. The highest BCUT2D eigenvalue weighted by atomic mass is 16.5. The molecule has 1 aromatic rings. The minimum absolute atomic E-state index is 0.230. The number of benzene rings is 1. The van der Waals surface area contributed by atoms with Crippen molar-refractivity contribution in [3.63, 3.8) is 0 Å². The zero-order valence-corrected chi connectivity index (χ0v) is 19.1. The Morgan fingerprint density at radius 2 is 1.87 bits per heavy atom. The zero-order chi connectivity index (χ0) is 21.2. The van der Waals surface area contributed by atoms with Crippen LogP contribution in [0.3, 0.4) is 0 Å². The summed E-state index contributed by atoms with van der Waals surface area (Å²) in [6, 6.07) is 8.57. The summed E-state index contributed by atoms with van der Waals surface area (Å²) in [7, 11) is 1.85. The summed E-state index contributed by atoms with van der Waals surface area (Å²) >= 11 is 0. The summed E-state index contributed by atoms with van der Waals surface area (Å²) in [5, 5.41) is 7.13. The van der Waals surface area contributed by atoms with Crippen LogP contribution in [0.1, 0.15) is 57.1 Å². The molecule has 1 aliphatic carbocycles. The first-order chi connectivity index (χ1) is 14.6. The van der Waals surface area contributed by atoms with Crippen molar-refractivity contribution < 1.29 is 9.47 Å². The maximum atomic E-state index is 5.73. The van der Waals surface area contributed by atoms with E-state index < -0.39 is 0 Å². The molecule has 3 rings (SSSR count). The summed E-state index contributed by atoms with van der Waals surface area (Å²) < 4.78 is 11.3. The van der Waals surface area contributed by atoms with Crippen LogP contribution in [0, 0.1) is 0 Å². The predicted molar refractivity (Wildman–Crippen MR) is 123 cm³/mol. The van der Waals surface area contributed by atoms with Gasteiger partial charge in [0.15, 0.2) is 5.96 Å². The van der Waals surface area contributed by atoms with Gasteiger partial charge in [0.1, 0.15) is 0 Å². The van der Waals surface area contributed by atoms with Crippen molar-refractivity contribution in [1.82, 2.24) is 15.5 Å². The number of morpholine rings is 1. The van der Waals surface area contributed by atoms with Crippen LogP contribution in [0.4, 0.5) is 0 Å². The number of rotatable bonds is 8. The van der Waals surface area contributed by atoms with E-state index in [1.54, 1.807) is 0 Å². The highest BCUT2D eigenvalue weighted by molar-refractivity contribution is 5.79.